The Morgan fingerprint density at radius 3 is 2.50 bits per heavy atom. The largest absolute Gasteiger partial charge is 0.395 e. The SMILES string of the molecule is CN1CCN(C2CCC(N)CC2)C[C@@H]1CO. The molecule has 0 amide bonds. The molecule has 4 nitrogen and oxygen atoms in total. The number of hydrogen-bond donors (Lipinski definition) is 2. The van der Waals surface area contributed by atoms with Gasteiger partial charge in [-0.05, 0) is 32.7 Å². The van der Waals surface area contributed by atoms with E-state index < -0.39 is 0 Å². The second kappa shape index (κ2) is 5.45. The summed E-state index contributed by atoms with van der Waals surface area (Å²) >= 11 is 0. The van der Waals surface area contributed by atoms with Gasteiger partial charge in [0.15, 0.2) is 0 Å². The Kier molecular flexibility index (Phi) is 4.19. The third-order valence-electron chi connectivity index (χ3n) is 4.28. The van der Waals surface area contributed by atoms with Crippen molar-refractivity contribution >= 4 is 0 Å². The van der Waals surface area contributed by atoms with Gasteiger partial charge in [0.25, 0.3) is 0 Å². The zero-order valence-electron chi connectivity index (χ0n) is 10.3. The van der Waals surface area contributed by atoms with Crippen LogP contribution in [0.15, 0.2) is 0 Å². The molecule has 0 aromatic heterocycles. The number of nitrogens with two attached hydrogens (primary N) is 1. The lowest BCUT2D eigenvalue weighted by molar-refractivity contribution is 0.0249. The molecule has 94 valence electrons. The quantitative estimate of drug-likeness (QED) is 0.690. The summed E-state index contributed by atoms with van der Waals surface area (Å²) in [6, 6.07) is 1.46. The van der Waals surface area contributed by atoms with Crippen molar-refractivity contribution in [1.82, 2.24) is 9.80 Å². The molecule has 2 rings (SSSR count). The summed E-state index contributed by atoms with van der Waals surface area (Å²) in [7, 11) is 2.11. The Labute approximate surface area is 98.4 Å². The van der Waals surface area contributed by atoms with Crippen molar-refractivity contribution in [3.8, 4) is 0 Å². The summed E-state index contributed by atoms with van der Waals surface area (Å²) in [4.78, 5) is 4.83. The van der Waals surface area contributed by atoms with Crippen molar-refractivity contribution in [1.29, 1.82) is 0 Å². The lowest BCUT2D eigenvalue weighted by Crippen LogP contribution is -2.56. The minimum Gasteiger partial charge on any atom is -0.395 e. The highest BCUT2D eigenvalue weighted by molar-refractivity contribution is 4.87. The van der Waals surface area contributed by atoms with E-state index >= 15 is 0 Å². The third-order valence-corrected chi connectivity index (χ3v) is 4.28. The van der Waals surface area contributed by atoms with Crippen molar-refractivity contribution < 1.29 is 5.11 Å². The van der Waals surface area contributed by atoms with Crippen LogP contribution >= 0.6 is 0 Å². The number of rotatable bonds is 2. The summed E-state index contributed by atoms with van der Waals surface area (Å²) in [6.45, 7) is 3.52. The van der Waals surface area contributed by atoms with E-state index in [1.54, 1.807) is 0 Å². The molecule has 0 spiro atoms. The highest BCUT2D eigenvalue weighted by Gasteiger charge is 2.30. The maximum Gasteiger partial charge on any atom is 0.0599 e. The standard InChI is InChI=1S/C12H25N3O/c1-14-6-7-15(8-12(14)9-16)11-4-2-10(13)3-5-11/h10-12,16H,2-9,13H2,1H3/t10?,11?,12-/m1/s1. The normalized spacial score (nSPS) is 38.8. The fourth-order valence-electron chi connectivity index (χ4n) is 2.97. The first-order valence-electron chi connectivity index (χ1n) is 6.51. The number of likely N-dealkylation sites (N-methyl/N-ethyl adjacent to an activating group) is 1. The molecule has 1 aliphatic carbocycles. The molecule has 3 N–H and O–H groups in total. The minimum absolute atomic E-state index is 0.277. The van der Waals surface area contributed by atoms with Gasteiger partial charge in [0.1, 0.15) is 0 Å². The van der Waals surface area contributed by atoms with E-state index in [0.717, 1.165) is 19.6 Å². The van der Waals surface area contributed by atoms with E-state index in [9.17, 15) is 5.11 Å². The average molecular weight is 227 g/mol. The molecule has 0 aromatic rings. The molecular formula is C12H25N3O. The third kappa shape index (κ3) is 2.74. The Bertz CT molecular complexity index is 216. The number of piperazine rings is 1. The van der Waals surface area contributed by atoms with E-state index in [-0.39, 0.29) is 6.61 Å². The highest BCUT2D eigenvalue weighted by atomic mass is 16.3. The molecule has 0 aromatic carbocycles. The smallest absolute Gasteiger partial charge is 0.0599 e. The predicted octanol–water partition coefficient (Wildman–Crippen LogP) is -0.135. The maximum absolute atomic E-state index is 9.33. The van der Waals surface area contributed by atoms with Gasteiger partial charge in [-0.25, -0.2) is 0 Å². The second-order valence-electron chi connectivity index (χ2n) is 5.38. The van der Waals surface area contributed by atoms with Crippen molar-refractivity contribution in [2.24, 2.45) is 5.73 Å². The zero-order chi connectivity index (χ0) is 11.5. The number of hydrogen-bond acceptors (Lipinski definition) is 4. The van der Waals surface area contributed by atoms with E-state index in [1.807, 2.05) is 0 Å². The van der Waals surface area contributed by atoms with Crippen LogP contribution in [0.3, 0.4) is 0 Å². The first kappa shape index (κ1) is 12.3. The summed E-state index contributed by atoms with van der Waals surface area (Å²) in [5.41, 5.74) is 5.94. The van der Waals surface area contributed by atoms with E-state index in [4.69, 9.17) is 5.73 Å². The molecule has 1 saturated heterocycles. The van der Waals surface area contributed by atoms with Gasteiger partial charge in [-0.2, -0.15) is 0 Å². The van der Waals surface area contributed by atoms with Crippen LogP contribution in [0.2, 0.25) is 0 Å². The molecule has 2 fully saturated rings. The van der Waals surface area contributed by atoms with Gasteiger partial charge in [0.05, 0.1) is 6.61 Å². The van der Waals surface area contributed by atoms with Crippen LogP contribution in [0.4, 0.5) is 0 Å². The van der Waals surface area contributed by atoms with Gasteiger partial charge in [0, 0.05) is 37.8 Å². The number of nitrogens with zero attached hydrogens (tertiary/aromatic N) is 2. The first-order chi connectivity index (χ1) is 7.70. The number of aliphatic hydroxyl groups is 1. The van der Waals surface area contributed by atoms with Crippen LogP contribution in [-0.4, -0.2) is 66.3 Å². The Morgan fingerprint density at radius 1 is 1.19 bits per heavy atom. The van der Waals surface area contributed by atoms with E-state index in [1.165, 1.54) is 25.7 Å². The summed E-state index contributed by atoms with van der Waals surface area (Å²) in [5.74, 6) is 0. The van der Waals surface area contributed by atoms with Crippen molar-refractivity contribution in [3.63, 3.8) is 0 Å². The fourth-order valence-corrected chi connectivity index (χ4v) is 2.97. The molecule has 0 unspecified atom stereocenters. The van der Waals surface area contributed by atoms with Crippen LogP contribution < -0.4 is 5.73 Å². The van der Waals surface area contributed by atoms with Crippen LogP contribution in [0.1, 0.15) is 25.7 Å². The Balaban J connectivity index is 1.85. The second-order valence-corrected chi connectivity index (χ2v) is 5.38. The van der Waals surface area contributed by atoms with Gasteiger partial charge < -0.3 is 10.8 Å². The van der Waals surface area contributed by atoms with Crippen molar-refractivity contribution in [3.05, 3.63) is 0 Å². The summed E-state index contributed by atoms with van der Waals surface area (Å²) in [5, 5.41) is 9.33. The summed E-state index contributed by atoms with van der Waals surface area (Å²) < 4.78 is 0. The fraction of sp³-hybridized carbons (Fsp3) is 1.00. The van der Waals surface area contributed by atoms with E-state index in [2.05, 4.69) is 16.8 Å². The van der Waals surface area contributed by atoms with Gasteiger partial charge in [-0.3, -0.25) is 9.80 Å². The lowest BCUT2D eigenvalue weighted by atomic mass is 9.90. The van der Waals surface area contributed by atoms with Gasteiger partial charge in [-0.1, -0.05) is 0 Å². The van der Waals surface area contributed by atoms with Crippen LogP contribution in [-0.2, 0) is 0 Å². The zero-order valence-corrected chi connectivity index (χ0v) is 10.3. The van der Waals surface area contributed by atoms with Crippen molar-refractivity contribution in [2.45, 2.75) is 43.8 Å². The lowest BCUT2D eigenvalue weighted by Gasteiger charge is -2.44. The molecule has 1 saturated carbocycles. The van der Waals surface area contributed by atoms with Gasteiger partial charge in [-0.15, -0.1) is 0 Å². The molecule has 1 heterocycles. The Morgan fingerprint density at radius 2 is 1.88 bits per heavy atom. The van der Waals surface area contributed by atoms with Crippen LogP contribution in [0.25, 0.3) is 0 Å². The molecule has 0 radical (unpaired) electrons. The topological polar surface area (TPSA) is 52.7 Å². The van der Waals surface area contributed by atoms with Crippen LogP contribution in [0, 0.1) is 0 Å². The molecule has 16 heavy (non-hydrogen) atoms. The highest BCUT2D eigenvalue weighted by Crippen LogP contribution is 2.24. The molecular weight excluding hydrogens is 202 g/mol. The molecule has 1 atom stereocenters. The first-order valence-corrected chi connectivity index (χ1v) is 6.51. The average Bonchev–Trinajstić information content (AvgIpc) is 2.31. The van der Waals surface area contributed by atoms with E-state index in [0.29, 0.717) is 18.1 Å². The molecule has 1 aliphatic heterocycles. The van der Waals surface area contributed by atoms with Gasteiger partial charge in [0.2, 0.25) is 0 Å². The van der Waals surface area contributed by atoms with Gasteiger partial charge >= 0.3 is 0 Å². The number of aliphatic hydroxyl groups excluding tert-OH is 1. The Hall–Kier alpha value is -0.160. The monoisotopic (exact) mass is 227 g/mol. The molecule has 0 bridgehead atoms. The predicted molar refractivity (Wildman–Crippen MR) is 65.3 cm³/mol. The maximum atomic E-state index is 9.33. The minimum atomic E-state index is 0.277. The van der Waals surface area contributed by atoms with Crippen LogP contribution in [0.5, 0.6) is 0 Å². The van der Waals surface area contributed by atoms with Crippen molar-refractivity contribution in [2.75, 3.05) is 33.3 Å². The molecule has 2 aliphatic rings. The molecule has 4 heteroatoms. The summed E-state index contributed by atoms with van der Waals surface area (Å²) in [6.07, 6.45) is 4.81.